The molecule has 1 heterocycles. The summed E-state index contributed by atoms with van der Waals surface area (Å²) in [7, 11) is -3.35. The number of fused-ring (bicyclic) bond motifs is 1. The van der Waals surface area contributed by atoms with Gasteiger partial charge in [-0.1, -0.05) is 0 Å². The number of nitrogens with zero attached hydrogens (tertiary/aromatic N) is 1. The second-order valence-electron chi connectivity index (χ2n) is 5.56. The molecule has 1 aromatic heterocycles. The Morgan fingerprint density at radius 1 is 1.48 bits per heavy atom. The molecule has 0 fully saturated rings. The minimum Gasteiger partial charge on any atom is -0.331 e. The van der Waals surface area contributed by atoms with Gasteiger partial charge in [-0.3, -0.25) is 0 Å². The SMILES string of the molecule is CC(C)(Cn1c(=S)[nH]c2cc(I)c(F)cc21)NS(C)(=O)=O. The highest BCUT2D eigenvalue weighted by molar-refractivity contribution is 14.1. The van der Waals surface area contributed by atoms with Crippen LogP contribution in [-0.2, 0) is 16.6 Å². The van der Waals surface area contributed by atoms with Crippen molar-refractivity contribution in [1.82, 2.24) is 14.3 Å². The summed E-state index contributed by atoms with van der Waals surface area (Å²) in [5.41, 5.74) is 0.586. The number of H-pyrrole nitrogens is 1. The number of rotatable bonds is 4. The molecule has 0 unspecified atom stereocenters. The van der Waals surface area contributed by atoms with E-state index in [1.807, 2.05) is 22.6 Å². The third-order valence-corrected chi connectivity index (χ3v) is 4.90. The Morgan fingerprint density at radius 3 is 2.67 bits per heavy atom. The fourth-order valence-electron chi connectivity index (χ4n) is 2.24. The van der Waals surface area contributed by atoms with Crippen LogP contribution in [0.4, 0.5) is 4.39 Å². The van der Waals surface area contributed by atoms with Crippen LogP contribution in [0, 0.1) is 14.2 Å². The van der Waals surface area contributed by atoms with Crippen molar-refractivity contribution in [1.29, 1.82) is 0 Å². The standard InChI is InChI=1S/C12H15FIN3O2S2/c1-12(2,16-21(3,18)19)6-17-10-4-7(13)8(14)5-9(10)15-11(17)20/h4-5,16H,6H2,1-3H3,(H,15,20). The first-order valence-electron chi connectivity index (χ1n) is 6.05. The van der Waals surface area contributed by atoms with Crippen molar-refractivity contribution in [3.63, 3.8) is 0 Å². The van der Waals surface area contributed by atoms with Crippen LogP contribution in [0.1, 0.15) is 13.8 Å². The van der Waals surface area contributed by atoms with Crippen LogP contribution in [-0.4, -0.2) is 29.8 Å². The van der Waals surface area contributed by atoms with E-state index >= 15 is 0 Å². The number of hydrogen-bond donors (Lipinski definition) is 2. The van der Waals surface area contributed by atoms with Crippen LogP contribution in [0.25, 0.3) is 11.0 Å². The van der Waals surface area contributed by atoms with Crippen LogP contribution in [0.3, 0.4) is 0 Å². The molecule has 116 valence electrons. The molecule has 2 rings (SSSR count). The van der Waals surface area contributed by atoms with Gasteiger partial charge in [0.25, 0.3) is 0 Å². The molecule has 2 aromatic rings. The minimum absolute atomic E-state index is 0.291. The highest BCUT2D eigenvalue weighted by Crippen LogP contribution is 2.22. The van der Waals surface area contributed by atoms with E-state index in [-0.39, 0.29) is 5.82 Å². The van der Waals surface area contributed by atoms with Gasteiger partial charge in [0.15, 0.2) is 4.77 Å². The molecular formula is C12H15FIN3O2S2. The van der Waals surface area contributed by atoms with Gasteiger partial charge in [0.2, 0.25) is 10.0 Å². The lowest BCUT2D eigenvalue weighted by molar-refractivity contribution is 0.394. The maximum absolute atomic E-state index is 13.8. The van der Waals surface area contributed by atoms with Crippen LogP contribution < -0.4 is 4.72 Å². The first kappa shape index (κ1) is 16.8. The predicted molar refractivity (Wildman–Crippen MR) is 91.9 cm³/mol. The third-order valence-electron chi connectivity index (χ3n) is 2.83. The molecule has 0 amide bonds. The number of aromatic amines is 1. The molecule has 0 aliphatic rings. The smallest absolute Gasteiger partial charge is 0.209 e. The van der Waals surface area contributed by atoms with Gasteiger partial charge >= 0.3 is 0 Å². The normalized spacial score (nSPS) is 13.0. The molecule has 9 heteroatoms. The number of nitrogens with one attached hydrogen (secondary N) is 2. The summed E-state index contributed by atoms with van der Waals surface area (Å²) in [6, 6.07) is 3.08. The van der Waals surface area contributed by atoms with E-state index in [4.69, 9.17) is 12.2 Å². The van der Waals surface area contributed by atoms with Crippen molar-refractivity contribution in [3.8, 4) is 0 Å². The van der Waals surface area contributed by atoms with Crippen molar-refractivity contribution in [2.75, 3.05) is 6.26 Å². The zero-order valence-corrected chi connectivity index (χ0v) is 15.5. The first-order chi connectivity index (χ1) is 9.48. The second-order valence-corrected chi connectivity index (χ2v) is 8.86. The maximum Gasteiger partial charge on any atom is 0.209 e. The molecule has 0 aliphatic heterocycles. The largest absolute Gasteiger partial charge is 0.331 e. The van der Waals surface area contributed by atoms with Crippen molar-refractivity contribution >= 4 is 55.9 Å². The van der Waals surface area contributed by atoms with E-state index in [1.54, 1.807) is 24.5 Å². The van der Waals surface area contributed by atoms with Gasteiger partial charge in [-0.2, -0.15) is 0 Å². The van der Waals surface area contributed by atoms with Crippen molar-refractivity contribution in [2.24, 2.45) is 0 Å². The van der Waals surface area contributed by atoms with Crippen molar-refractivity contribution in [3.05, 3.63) is 26.3 Å². The molecule has 0 radical (unpaired) electrons. The third kappa shape index (κ3) is 4.02. The summed E-state index contributed by atoms with van der Waals surface area (Å²) in [4.78, 5) is 3.01. The average Bonchev–Trinajstić information content (AvgIpc) is 2.53. The molecule has 5 nitrogen and oxygen atoms in total. The lowest BCUT2D eigenvalue weighted by Crippen LogP contribution is -2.46. The van der Waals surface area contributed by atoms with Crippen LogP contribution >= 0.6 is 34.8 Å². The van der Waals surface area contributed by atoms with Gasteiger partial charge in [-0.05, 0) is 54.7 Å². The Labute approximate surface area is 141 Å². The average molecular weight is 443 g/mol. The topological polar surface area (TPSA) is 66.9 Å². The van der Waals surface area contributed by atoms with Crippen molar-refractivity contribution in [2.45, 2.75) is 25.9 Å². The maximum atomic E-state index is 13.8. The van der Waals surface area contributed by atoms with E-state index in [9.17, 15) is 12.8 Å². The van der Waals surface area contributed by atoms with Crippen molar-refractivity contribution < 1.29 is 12.8 Å². The van der Waals surface area contributed by atoms with E-state index < -0.39 is 15.6 Å². The Bertz CT molecular complexity index is 855. The molecule has 0 bridgehead atoms. The van der Waals surface area contributed by atoms with Gasteiger partial charge in [0, 0.05) is 18.2 Å². The summed E-state index contributed by atoms with van der Waals surface area (Å²) in [5, 5.41) is 0. The zero-order valence-electron chi connectivity index (χ0n) is 11.7. The lowest BCUT2D eigenvalue weighted by atomic mass is 10.1. The summed E-state index contributed by atoms with van der Waals surface area (Å²) < 4.78 is 41.7. The summed E-state index contributed by atoms with van der Waals surface area (Å²) in [6.07, 6.45) is 1.10. The monoisotopic (exact) mass is 443 g/mol. The molecule has 1 aromatic carbocycles. The van der Waals surface area contributed by atoms with Crippen LogP contribution in [0.15, 0.2) is 12.1 Å². The molecule has 0 spiro atoms. The van der Waals surface area contributed by atoms with Gasteiger partial charge in [0.1, 0.15) is 5.82 Å². The van der Waals surface area contributed by atoms with Crippen LogP contribution in [0.2, 0.25) is 0 Å². The molecule has 2 N–H and O–H groups in total. The Hall–Kier alpha value is -0.520. The summed E-state index contributed by atoms with van der Waals surface area (Å²) >= 11 is 7.16. The molecule has 0 atom stereocenters. The van der Waals surface area contributed by atoms with E-state index in [0.29, 0.717) is 20.4 Å². The quantitative estimate of drug-likeness (QED) is 0.564. The molecule has 0 aliphatic carbocycles. The zero-order chi connectivity index (χ0) is 16.0. The summed E-state index contributed by atoms with van der Waals surface area (Å²) in [6.45, 7) is 3.79. The lowest BCUT2D eigenvalue weighted by Gasteiger charge is -2.25. The number of sulfonamides is 1. The highest BCUT2D eigenvalue weighted by atomic mass is 127. The fourth-order valence-corrected chi connectivity index (χ4v) is 4.05. The van der Waals surface area contributed by atoms with E-state index in [0.717, 1.165) is 11.8 Å². The minimum atomic E-state index is -3.35. The molecule has 21 heavy (non-hydrogen) atoms. The number of imidazole rings is 1. The Morgan fingerprint density at radius 2 is 2.10 bits per heavy atom. The predicted octanol–water partition coefficient (Wildman–Crippen LogP) is 2.77. The number of halogens is 2. The second kappa shape index (κ2) is 5.60. The number of hydrogen-bond acceptors (Lipinski definition) is 3. The molecule has 0 saturated heterocycles. The summed E-state index contributed by atoms with van der Waals surface area (Å²) in [5.74, 6) is -0.334. The fraction of sp³-hybridized carbons (Fsp3) is 0.417. The van der Waals surface area contributed by atoms with E-state index in [2.05, 4.69) is 9.71 Å². The number of benzene rings is 1. The first-order valence-corrected chi connectivity index (χ1v) is 9.43. The number of aromatic nitrogens is 2. The molecular weight excluding hydrogens is 428 g/mol. The Balaban J connectivity index is 2.50. The van der Waals surface area contributed by atoms with Gasteiger partial charge in [-0.25, -0.2) is 17.5 Å². The van der Waals surface area contributed by atoms with Crippen LogP contribution in [0.5, 0.6) is 0 Å². The van der Waals surface area contributed by atoms with Gasteiger partial charge in [-0.15, -0.1) is 0 Å². The van der Waals surface area contributed by atoms with Gasteiger partial charge in [0.05, 0.1) is 20.9 Å². The highest BCUT2D eigenvalue weighted by Gasteiger charge is 2.24. The van der Waals surface area contributed by atoms with Gasteiger partial charge < -0.3 is 9.55 Å². The molecule has 0 saturated carbocycles. The Kier molecular flexibility index (Phi) is 4.49. The van der Waals surface area contributed by atoms with E-state index in [1.165, 1.54) is 6.07 Å².